The Balaban J connectivity index is 1.75. The first-order chi connectivity index (χ1) is 11.7. The SMILES string of the molecule is CCc1ccc2c(c1)Sc1ccccc1C[C@H]2N1CCN(C)CC1. The zero-order valence-electron chi connectivity index (χ0n) is 14.7. The molecule has 3 heteroatoms. The van der Waals surface area contributed by atoms with Gasteiger partial charge in [0.2, 0.25) is 0 Å². The fraction of sp³-hybridized carbons (Fsp3) is 0.429. The standard InChI is InChI=1S/C21H26N2S/c1-3-16-8-9-18-19(23-12-10-22(2)11-13-23)15-17-6-4-5-7-20(17)24-21(18)14-16/h4-9,14,19H,3,10-13,15H2,1-2H3/t19-/m1/s1. The summed E-state index contributed by atoms with van der Waals surface area (Å²) in [6.45, 7) is 6.93. The van der Waals surface area contributed by atoms with Gasteiger partial charge in [-0.15, -0.1) is 0 Å². The molecular weight excluding hydrogens is 312 g/mol. The summed E-state index contributed by atoms with van der Waals surface area (Å²) in [5.41, 5.74) is 4.47. The first-order valence-electron chi connectivity index (χ1n) is 9.06. The molecular formula is C21H26N2S. The predicted octanol–water partition coefficient (Wildman–Crippen LogP) is 4.24. The van der Waals surface area contributed by atoms with Crippen LogP contribution in [0.3, 0.4) is 0 Å². The second-order valence-corrected chi connectivity index (χ2v) is 8.08. The van der Waals surface area contributed by atoms with Crippen molar-refractivity contribution >= 4 is 11.8 Å². The summed E-state index contributed by atoms with van der Waals surface area (Å²) >= 11 is 1.96. The Morgan fingerprint density at radius 2 is 1.79 bits per heavy atom. The van der Waals surface area contributed by atoms with Gasteiger partial charge in [-0.25, -0.2) is 0 Å². The molecule has 0 radical (unpaired) electrons. The van der Waals surface area contributed by atoms with E-state index in [2.05, 4.69) is 66.2 Å². The number of fused-ring (bicyclic) bond motifs is 2. The number of benzene rings is 2. The van der Waals surface area contributed by atoms with Gasteiger partial charge < -0.3 is 4.90 Å². The second kappa shape index (κ2) is 6.91. The molecule has 0 saturated carbocycles. The number of nitrogens with zero attached hydrogens (tertiary/aromatic N) is 2. The van der Waals surface area contributed by atoms with Crippen LogP contribution in [0.15, 0.2) is 52.3 Å². The predicted molar refractivity (Wildman–Crippen MR) is 102 cm³/mol. The minimum absolute atomic E-state index is 0.510. The van der Waals surface area contributed by atoms with Gasteiger partial charge in [0.05, 0.1) is 0 Å². The normalized spacial score (nSPS) is 21.8. The molecule has 2 heterocycles. The van der Waals surface area contributed by atoms with Crippen LogP contribution in [0, 0.1) is 0 Å². The molecule has 4 rings (SSSR count). The molecule has 1 fully saturated rings. The Hall–Kier alpha value is -1.29. The fourth-order valence-electron chi connectivity index (χ4n) is 3.83. The molecule has 0 aromatic heterocycles. The first kappa shape index (κ1) is 16.2. The molecule has 2 nitrogen and oxygen atoms in total. The number of hydrogen-bond donors (Lipinski definition) is 0. The molecule has 126 valence electrons. The molecule has 24 heavy (non-hydrogen) atoms. The quantitative estimate of drug-likeness (QED) is 0.808. The number of likely N-dealkylation sites (N-methyl/N-ethyl adjacent to an activating group) is 1. The summed E-state index contributed by atoms with van der Waals surface area (Å²) in [7, 11) is 2.23. The highest BCUT2D eigenvalue weighted by Gasteiger charge is 2.29. The zero-order valence-corrected chi connectivity index (χ0v) is 15.5. The molecule has 0 bridgehead atoms. The van der Waals surface area contributed by atoms with E-state index in [1.54, 1.807) is 0 Å². The van der Waals surface area contributed by atoms with E-state index in [0.29, 0.717) is 6.04 Å². The van der Waals surface area contributed by atoms with Crippen LogP contribution in [0.4, 0.5) is 0 Å². The molecule has 1 atom stereocenters. The van der Waals surface area contributed by atoms with Gasteiger partial charge >= 0.3 is 0 Å². The number of hydrogen-bond acceptors (Lipinski definition) is 3. The zero-order chi connectivity index (χ0) is 16.5. The van der Waals surface area contributed by atoms with Gasteiger partial charge in [0.15, 0.2) is 0 Å². The van der Waals surface area contributed by atoms with Crippen LogP contribution in [-0.2, 0) is 12.8 Å². The molecule has 2 aliphatic rings. The molecule has 2 aromatic carbocycles. The average molecular weight is 339 g/mol. The lowest BCUT2D eigenvalue weighted by Gasteiger charge is -2.38. The van der Waals surface area contributed by atoms with Crippen molar-refractivity contribution < 1.29 is 0 Å². The maximum absolute atomic E-state index is 2.70. The molecule has 0 N–H and O–H groups in total. The van der Waals surface area contributed by atoms with E-state index in [1.807, 2.05) is 11.8 Å². The third-order valence-corrected chi connectivity index (χ3v) is 6.62. The number of rotatable bonds is 2. The minimum Gasteiger partial charge on any atom is -0.304 e. The lowest BCUT2D eigenvalue weighted by molar-refractivity contribution is 0.110. The molecule has 0 unspecified atom stereocenters. The van der Waals surface area contributed by atoms with Crippen LogP contribution < -0.4 is 0 Å². The lowest BCUT2D eigenvalue weighted by atomic mass is 9.95. The van der Waals surface area contributed by atoms with Crippen molar-refractivity contribution in [2.45, 2.75) is 35.6 Å². The van der Waals surface area contributed by atoms with Crippen molar-refractivity contribution in [3.8, 4) is 0 Å². The highest BCUT2D eigenvalue weighted by Crippen LogP contribution is 2.43. The minimum atomic E-state index is 0.510. The van der Waals surface area contributed by atoms with Crippen LogP contribution in [0.1, 0.15) is 29.7 Å². The number of aryl methyl sites for hydroxylation is 1. The summed E-state index contributed by atoms with van der Waals surface area (Å²) < 4.78 is 0. The van der Waals surface area contributed by atoms with E-state index in [9.17, 15) is 0 Å². The van der Waals surface area contributed by atoms with Crippen molar-refractivity contribution in [2.75, 3.05) is 33.2 Å². The van der Waals surface area contributed by atoms with Crippen LogP contribution in [0.25, 0.3) is 0 Å². The van der Waals surface area contributed by atoms with Crippen molar-refractivity contribution in [1.29, 1.82) is 0 Å². The van der Waals surface area contributed by atoms with E-state index in [-0.39, 0.29) is 0 Å². The first-order valence-corrected chi connectivity index (χ1v) is 9.87. The highest BCUT2D eigenvalue weighted by atomic mass is 32.2. The van der Waals surface area contributed by atoms with Gasteiger partial charge in [-0.2, -0.15) is 0 Å². The van der Waals surface area contributed by atoms with Gasteiger partial charge in [0.25, 0.3) is 0 Å². The fourth-order valence-corrected chi connectivity index (χ4v) is 5.03. The van der Waals surface area contributed by atoms with Crippen LogP contribution in [0.5, 0.6) is 0 Å². The maximum atomic E-state index is 2.70. The Bertz CT molecular complexity index is 720. The van der Waals surface area contributed by atoms with Gasteiger partial charge in [0, 0.05) is 42.0 Å². The third kappa shape index (κ3) is 3.13. The van der Waals surface area contributed by atoms with E-state index < -0.39 is 0 Å². The Morgan fingerprint density at radius 1 is 1.00 bits per heavy atom. The highest BCUT2D eigenvalue weighted by molar-refractivity contribution is 7.99. The number of piperazine rings is 1. The van der Waals surface area contributed by atoms with Crippen molar-refractivity contribution in [3.05, 3.63) is 59.2 Å². The monoisotopic (exact) mass is 338 g/mol. The largest absolute Gasteiger partial charge is 0.304 e. The molecule has 1 saturated heterocycles. The van der Waals surface area contributed by atoms with Crippen LogP contribution in [-0.4, -0.2) is 43.0 Å². The van der Waals surface area contributed by atoms with Crippen LogP contribution >= 0.6 is 11.8 Å². The molecule has 0 amide bonds. The lowest BCUT2D eigenvalue weighted by Crippen LogP contribution is -2.46. The van der Waals surface area contributed by atoms with E-state index >= 15 is 0 Å². The summed E-state index contributed by atoms with van der Waals surface area (Å²) in [5, 5.41) is 0. The molecule has 0 aliphatic carbocycles. The summed E-state index contributed by atoms with van der Waals surface area (Å²) in [6, 6.07) is 16.6. The average Bonchev–Trinajstić information content (AvgIpc) is 2.78. The van der Waals surface area contributed by atoms with E-state index in [1.165, 1.54) is 52.7 Å². The Morgan fingerprint density at radius 3 is 2.58 bits per heavy atom. The van der Waals surface area contributed by atoms with E-state index in [4.69, 9.17) is 0 Å². The Labute approximate surface area is 149 Å². The molecule has 0 spiro atoms. The Kier molecular flexibility index (Phi) is 4.66. The van der Waals surface area contributed by atoms with E-state index in [0.717, 1.165) is 12.8 Å². The topological polar surface area (TPSA) is 6.48 Å². The molecule has 2 aliphatic heterocycles. The van der Waals surface area contributed by atoms with Gasteiger partial charge in [-0.05, 0) is 48.7 Å². The summed E-state index contributed by atoms with van der Waals surface area (Å²) in [6.07, 6.45) is 2.24. The van der Waals surface area contributed by atoms with Gasteiger partial charge in [-0.3, -0.25) is 4.90 Å². The van der Waals surface area contributed by atoms with Crippen molar-refractivity contribution in [2.24, 2.45) is 0 Å². The maximum Gasteiger partial charge on any atom is 0.0401 e. The smallest absolute Gasteiger partial charge is 0.0401 e. The van der Waals surface area contributed by atoms with Gasteiger partial charge in [0.1, 0.15) is 0 Å². The van der Waals surface area contributed by atoms with Crippen molar-refractivity contribution in [3.63, 3.8) is 0 Å². The molecule has 2 aromatic rings. The van der Waals surface area contributed by atoms with Crippen LogP contribution in [0.2, 0.25) is 0 Å². The summed E-state index contributed by atoms with van der Waals surface area (Å²) in [5.74, 6) is 0. The van der Waals surface area contributed by atoms with Crippen molar-refractivity contribution in [1.82, 2.24) is 9.80 Å². The third-order valence-electron chi connectivity index (χ3n) is 5.43. The second-order valence-electron chi connectivity index (χ2n) is 6.99. The van der Waals surface area contributed by atoms with Gasteiger partial charge in [-0.1, -0.05) is 49.0 Å². The summed E-state index contributed by atoms with van der Waals surface area (Å²) in [4.78, 5) is 8.04.